The third kappa shape index (κ3) is 10.7. The molecule has 0 N–H and O–H groups in total. The molecule has 0 aliphatic heterocycles. The quantitative estimate of drug-likeness (QED) is 0.0715. The third-order valence-electron chi connectivity index (χ3n) is 10.9. The zero-order chi connectivity index (χ0) is 43.3. The number of benzene rings is 4. The van der Waals surface area contributed by atoms with E-state index in [1.165, 1.54) is 0 Å². The molecule has 8 bridgehead atoms. The van der Waals surface area contributed by atoms with Crippen molar-refractivity contribution in [2.45, 2.75) is 132 Å². The van der Waals surface area contributed by atoms with E-state index in [1.54, 1.807) is 0 Å². The molecule has 1 aliphatic rings. The first-order valence-corrected chi connectivity index (χ1v) is 22.3. The highest BCUT2D eigenvalue weighted by molar-refractivity contribution is 5.99. The summed E-state index contributed by atoms with van der Waals surface area (Å²) in [6, 6.07) is 15.5. The molecule has 0 aromatic heterocycles. The molecule has 8 heteroatoms. The van der Waals surface area contributed by atoms with E-state index in [0.717, 1.165) is 70.2 Å². The fourth-order valence-corrected chi connectivity index (χ4v) is 7.91. The number of rotatable bonds is 20. The standard InChI is InChI=1S/C52H64O8/c1-9-17-57-49-37-21-33(45(53)13-5)22-38(49)30-40-24-35(47(55)15-7)26-42(51(40)59-19-11-3)32-44-28-36(48(56)16-8)27-43(52(44)60-20-12-4)31-41-25-34(46(54)14-6)23-39(29-37)50(41)58-18-10-2/h21-28H,9-20,29-32H2,1-8H3. The van der Waals surface area contributed by atoms with Crippen molar-refractivity contribution in [1.29, 1.82) is 0 Å². The van der Waals surface area contributed by atoms with Crippen molar-refractivity contribution in [3.8, 4) is 23.0 Å². The zero-order valence-electron chi connectivity index (χ0n) is 37.2. The Morgan fingerprint density at radius 1 is 0.333 bits per heavy atom. The summed E-state index contributed by atoms with van der Waals surface area (Å²) in [5.41, 5.74) is 8.73. The Hall–Kier alpha value is -5.24. The molecule has 4 aromatic rings. The molecule has 60 heavy (non-hydrogen) atoms. The summed E-state index contributed by atoms with van der Waals surface area (Å²) < 4.78 is 26.7. The lowest BCUT2D eigenvalue weighted by molar-refractivity contribution is 0.0980. The molecule has 0 fully saturated rings. The van der Waals surface area contributed by atoms with Crippen molar-refractivity contribution in [2.24, 2.45) is 0 Å². The second-order valence-corrected chi connectivity index (χ2v) is 15.7. The average molecular weight is 817 g/mol. The van der Waals surface area contributed by atoms with Crippen LogP contribution in [0.15, 0.2) is 48.5 Å². The van der Waals surface area contributed by atoms with Crippen molar-refractivity contribution < 1.29 is 38.1 Å². The van der Waals surface area contributed by atoms with Gasteiger partial charge in [-0.2, -0.15) is 0 Å². The van der Waals surface area contributed by atoms with E-state index >= 15 is 0 Å². The van der Waals surface area contributed by atoms with E-state index in [0.29, 0.717) is 123 Å². The normalized spacial score (nSPS) is 12.1. The van der Waals surface area contributed by atoms with Gasteiger partial charge in [0.25, 0.3) is 0 Å². The molecule has 4 aromatic carbocycles. The highest BCUT2D eigenvalue weighted by Gasteiger charge is 2.26. The molecule has 0 spiro atoms. The SMILES string of the molecule is CCCOc1c2cc(C(=O)CC)cc1Cc1cc(C(=O)CC)cc(c1OCCC)Cc1cc(C(=O)CC)cc(c1OCCC)Cc1cc(C(=O)CC)cc(c1OCCC)C2. The molecule has 0 unspecified atom stereocenters. The number of hydrogen-bond acceptors (Lipinski definition) is 8. The molecule has 0 amide bonds. The molecular weight excluding hydrogens is 753 g/mol. The first-order chi connectivity index (χ1) is 29.0. The molecule has 1 aliphatic carbocycles. The summed E-state index contributed by atoms with van der Waals surface area (Å²) >= 11 is 0. The smallest absolute Gasteiger partial charge is 0.162 e. The van der Waals surface area contributed by atoms with Crippen LogP contribution < -0.4 is 18.9 Å². The first kappa shape index (κ1) is 45.8. The number of Topliss-reactive ketones (excluding diaryl/α,β-unsaturated/α-hetero) is 4. The van der Waals surface area contributed by atoms with Gasteiger partial charge in [0, 0.05) is 73.6 Å². The summed E-state index contributed by atoms with van der Waals surface area (Å²) in [5, 5.41) is 0. The molecule has 0 heterocycles. The number of ether oxygens (including phenoxy) is 4. The summed E-state index contributed by atoms with van der Waals surface area (Å²) in [7, 11) is 0. The van der Waals surface area contributed by atoms with Gasteiger partial charge in [0.05, 0.1) is 26.4 Å². The molecule has 0 saturated carbocycles. The van der Waals surface area contributed by atoms with Crippen LogP contribution in [0.25, 0.3) is 0 Å². The molecule has 0 atom stereocenters. The van der Waals surface area contributed by atoms with Crippen LogP contribution in [0, 0.1) is 0 Å². The topological polar surface area (TPSA) is 105 Å². The number of carbonyl (C=O) groups is 4. The molecular formula is C52H64O8. The summed E-state index contributed by atoms with van der Waals surface area (Å²) in [5.74, 6) is 2.69. The van der Waals surface area contributed by atoms with Gasteiger partial charge < -0.3 is 18.9 Å². The Kier molecular flexibility index (Phi) is 16.7. The molecule has 5 rings (SSSR count). The minimum atomic E-state index is 0.000542. The highest BCUT2D eigenvalue weighted by atomic mass is 16.5. The van der Waals surface area contributed by atoms with Crippen molar-refractivity contribution >= 4 is 23.1 Å². The van der Waals surface area contributed by atoms with E-state index in [9.17, 15) is 19.2 Å². The van der Waals surface area contributed by atoms with Gasteiger partial charge in [-0.1, -0.05) is 55.4 Å². The van der Waals surface area contributed by atoms with Crippen LogP contribution in [-0.2, 0) is 25.7 Å². The van der Waals surface area contributed by atoms with E-state index in [-0.39, 0.29) is 23.1 Å². The van der Waals surface area contributed by atoms with Gasteiger partial charge in [0.1, 0.15) is 23.0 Å². The van der Waals surface area contributed by atoms with Crippen LogP contribution in [0.4, 0.5) is 0 Å². The second kappa shape index (κ2) is 21.8. The maximum Gasteiger partial charge on any atom is 0.162 e. The van der Waals surface area contributed by atoms with Crippen LogP contribution in [0.1, 0.15) is 193 Å². The van der Waals surface area contributed by atoms with E-state index in [4.69, 9.17) is 18.9 Å². The Bertz CT molecular complexity index is 1790. The largest absolute Gasteiger partial charge is 0.493 e. The van der Waals surface area contributed by atoms with Crippen molar-refractivity contribution in [1.82, 2.24) is 0 Å². The van der Waals surface area contributed by atoms with Crippen molar-refractivity contribution in [3.63, 3.8) is 0 Å². The minimum absolute atomic E-state index is 0.000542. The minimum Gasteiger partial charge on any atom is -0.493 e. The number of hydrogen-bond donors (Lipinski definition) is 0. The van der Waals surface area contributed by atoms with Crippen LogP contribution in [0.3, 0.4) is 0 Å². The number of carbonyl (C=O) groups excluding carboxylic acids is 4. The van der Waals surface area contributed by atoms with E-state index in [2.05, 4.69) is 27.7 Å². The molecule has 8 nitrogen and oxygen atoms in total. The van der Waals surface area contributed by atoms with Gasteiger partial charge in [-0.05, 0) is 119 Å². The lowest BCUT2D eigenvalue weighted by Crippen LogP contribution is -2.13. The fraction of sp³-hybridized carbons (Fsp3) is 0.462. The number of ketones is 4. The van der Waals surface area contributed by atoms with Gasteiger partial charge in [-0.3, -0.25) is 19.2 Å². The fourth-order valence-electron chi connectivity index (χ4n) is 7.91. The predicted molar refractivity (Wildman–Crippen MR) is 239 cm³/mol. The lowest BCUT2D eigenvalue weighted by atomic mass is 9.87. The Morgan fingerprint density at radius 3 is 0.633 bits per heavy atom. The van der Waals surface area contributed by atoms with Crippen molar-refractivity contribution in [2.75, 3.05) is 26.4 Å². The van der Waals surface area contributed by atoms with Crippen LogP contribution in [-0.4, -0.2) is 49.6 Å². The second-order valence-electron chi connectivity index (χ2n) is 15.7. The Morgan fingerprint density at radius 2 is 0.500 bits per heavy atom. The average Bonchev–Trinajstić information content (AvgIpc) is 3.25. The number of fused-ring (bicyclic) bond motifs is 8. The molecule has 320 valence electrons. The third-order valence-corrected chi connectivity index (χ3v) is 10.9. The summed E-state index contributed by atoms with van der Waals surface area (Å²) in [6.07, 6.45) is 5.65. The van der Waals surface area contributed by atoms with Crippen LogP contribution in [0.5, 0.6) is 23.0 Å². The summed E-state index contributed by atoms with van der Waals surface area (Å²) in [4.78, 5) is 54.6. The maximum atomic E-state index is 13.7. The monoisotopic (exact) mass is 816 g/mol. The van der Waals surface area contributed by atoms with Crippen LogP contribution in [0.2, 0.25) is 0 Å². The van der Waals surface area contributed by atoms with E-state index in [1.807, 2.05) is 76.2 Å². The van der Waals surface area contributed by atoms with Crippen LogP contribution >= 0.6 is 0 Å². The highest BCUT2D eigenvalue weighted by Crippen LogP contribution is 2.41. The summed E-state index contributed by atoms with van der Waals surface area (Å²) in [6.45, 7) is 17.5. The Balaban J connectivity index is 2.00. The Labute approximate surface area is 357 Å². The van der Waals surface area contributed by atoms with Gasteiger partial charge in [-0.15, -0.1) is 0 Å². The van der Waals surface area contributed by atoms with Gasteiger partial charge in [0.15, 0.2) is 23.1 Å². The van der Waals surface area contributed by atoms with Crippen molar-refractivity contribution in [3.05, 3.63) is 115 Å². The maximum absolute atomic E-state index is 13.7. The van der Waals surface area contributed by atoms with Gasteiger partial charge >= 0.3 is 0 Å². The predicted octanol–water partition coefficient (Wildman–Crippen LogP) is 11.9. The van der Waals surface area contributed by atoms with Gasteiger partial charge in [0.2, 0.25) is 0 Å². The molecule has 0 radical (unpaired) electrons. The molecule has 0 saturated heterocycles. The first-order valence-electron chi connectivity index (χ1n) is 22.3. The lowest BCUT2D eigenvalue weighted by Gasteiger charge is -2.24. The zero-order valence-corrected chi connectivity index (χ0v) is 37.2. The van der Waals surface area contributed by atoms with E-state index < -0.39 is 0 Å². The van der Waals surface area contributed by atoms with Gasteiger partial charge in [-0.25, -0.2) is 0 Å².